The number of benzene rings is 1. The van der Waals surface area contributed by atoms with Crippen molar-refractivity contribution in [2.45, 2.75) is 19.5 Å². The number of aromatic nitrogens is 1. The molecule has 0 saturated carbocycles. The Kier molecular flexibility index (Phi) is 6.36. The maximum absolute atomic E-state index is 12.5. The van der Waals surface area contributed by atoms with Crippen LogP contribution >= 0.6 is 11.3 Å². The minimum atomic E-state index is -4.50. The molecule has 27 heavy (non-hydrogen) atoms. The number of aryl methyl sites for hydroxylation is 1. The van der Waals surface area contributed by atoms with Crippen LogP contribution in [0, 0.1) is 11.3 Å². The van der Waals surface area contributed by atoms with Crippen molar-refractivity contribution < 1.29 is 18.0 Å². The van der Waals surface area contributed by atoms with Crippen LogP contribution in [-0.4, -0.2) is 17.2 Å². The number of hydrogen-bond acceptors (Lipinski definition) is 4. The number of allylic oxidation sites excluding steroid dienone is 2. The lowest BCUT2D eigenvalue weighted by Crippen LogP contribution is -2.19. The van der Waals surface area contributed by atoms with Crippen molar-refractivity contribution in [1.29, 1.82) is 5.26 Å². The van der Waals surface area contributed by atoms with Gasteiger partial charge >= 0.3 is 12.2 Å². The Morgan fingerprint density at radius 3 is 2.78 bits per heavy atom. The van der Waals surface area contributed by atoms with Crippen LogP contribution in [-0.2, 0) is 6.42 Å². The number of carbonyl (C=O) groups excluding carboxylic acids is 1. The number of urea groups is 1. The summed E-state index contributed by atoms with van der Waals surface area (Å²) in [6.45, 7) is 4.81. The molecule has 2 aromatic rings. The van der Waals surface area contributed by atoms with E-state index in [0.717, 1.165) is 11.0 Å². The minimum Gasteiger partial charge on any atom is -0.308 e. The SMILES string of the molecule is C=C(/C=C\c1nc(NC(=O)Nc2cccc(C#N)c2)sc1CC)C(F)(F)F. The summed E-state index contributed by atoms with van der Waals surface area (Å²) in [7, 11) is 0. The highest BCUT2D eigenvalue weighted by Crippen LogP contribution is 2.28. The Labute approximate surface area is 157 Å². The van der Waals surface area contributed by atoms with Gasteiger partial charge < -0.3 is 5.32 Å². The lowest BCUT2D eigenvalue weighted by Gasteiger charge is -2.05. The molecule has 0 aliphatic rings. The molecule has 5 nitrogen and oxygen atoms in total. The molecule has 1 aromatic carbocycles. The van der Waals surface area contributed by atoms with E-state index in [1.54, 1.807) is 18.2 Å². The molecule has 9 heteroatoms. The molecule has 1 heterocycles. The van der Waals surface area contributed by atoms with Crippen LogP contribution in [0.1, 0.15) is 23.1 Å². The Balaban J connectivity index is 2.10. The number of halogens is 3. The Hall–Kier alpha value is -3.12. The Morgan fingerprint density at radius 1 is 1.41 bits per heavy atom. The monoisotopic (exact) mass is 392 g/mol. The fourth-order valence-electron chi connectivity index (χ4n) is 2.00. The first-order valence-electron chi connectivity index (χ1n) is 7.75. The van der Waals surface area contributed by atoms with Crippen molar-refractivity contribution in [3.05, 3.63) is 58.6 Å². The van der Waals surface area contributed by atoms with Gasteiger partial charge in [0.1, 0.15) is 0 Å². The summed E-state index contributed by atoms with van der Waals surface area (Å²) in [5.74, 6) is 0. The minimum absolute atomic E-state index is 0.248. The predicted octanol–water partition coefficient (Wildman–Crippen LogP) is 5.35. The molecular formula is C18H15F3N4OS. The second-order valence-electron chi connectivity index (χ2n) is 5.31. The third-order valence-electron chi connectivity index (χ3n) is 3.33. The highest BCUT2D eigenvalue weighted by Gasteiger charge is 2.29. The van der Waals surface area contributed by atoms with Gasteiger partial charge in [0.2, 0.25) is 0 Å². The molecule has 0 fully saturated rings. The van der Waals surface area contributed by atoms with Gasteiger partial charge in [-0.1, -0.05) is 19.6 Å². The fraction of sp³-hybridized carbons (Fsp3) is 0.167. The predicted molar refractivity (Wildman–Crippen MR) is 99.5 cm³/mol. The zero-order valence-corrected chi connectivity index (χ0v) is 15.0. The molecule has 0 unspecified atom stereocenters. The number of amides is 2. The van der Waals surface area contributed by atoms with Crippen LogP contribution in [0.5, 0.6) is 0 Å². The van der Waals surface area contributed by atoms with Crippen LogP contribution < -0.4 is 10.6 Å². The summed E-state index contributed by atoms with van der Waals surface area (Å²) in [4.78, 5) is 16.9. The van der Waals surface area contributed by atoms with E-state index in [-0.39, 0.29) is 5.13 Å². The first-order valence-corrected chi connectivity index (χ1v) is 8.56. The van der Waals surface area contributed by atoms with Gasteiger partial charge in [-0.2, -0.15) is 18.4 Å². The molecule has 0 aliphatic carbocycles. The second kappa shape index (κ2) is 8.51. The van der Waals surface area contributed by atoms with Crippen molar-refractivity contribution in [3.63, 3.8) is 0 Å². The lowest BCUT2D eigenvalue weighted by molar-refractivity contribution is -0.0877. The summed E-state index contributed by atoms with van der Waals surface area (Å²) in [6.07, 6.45) is -1.88. The third kappa shape index (κ3) is 5.69. The van der Waals surface area contributed by atoms with Gasteiger partial charge in [0.15, 0.2) is 5.13 Å². The molecule has 0 aliphatic heterocycles. The van der Waals surface area contributed by atoms with Gasteiger partial charge in [-0.25, -0.2) is 9.78 Å². The summed E-state index contributed by atoms with van der Waals surface area (Å²) >= 11 is 1.17. The topological polar surface area (TPSA) is 77.8 Å². The van der Waals surface area contributed by atoms with Crippen molar-refractivity contribution >= 4 is 34.3 Å². The van der Waals surface area contributed by atoms with E-state index in [0.29, 0.717) is 23.4 Å². The average Bonchev–Trinajstić information content (AvgIpc) is 3.00. The number of nitrogens with one attached hydrogen (secondary N) is 2. The van der Waals surface area contributed by atoms with Crippen LogP contribution in [0.2, 0.25) is 0 Å². The number of anilines is 2. The van der Waals surface area contributed by atoms with Crippen LogP contribution in [0.3, 0.4) is 0 Å². The zero-order valence-electron chi connectivity index (χ0n) is 14.2. The van der Waals surface area contributed by atoms with E-state index in [2.05, 4.69) is 22.2 Å². The highest BCUT2D eigenvalue weighted by molar-refractivity contribution is 7.16. The summed E-state index contributed by atoms with van der Waals surface area (Å²) in [6, 6.07) is 7.75. The first-order chi connectivity index (χ1) is 12.7. The molecule has 2 rings (SSSR count). The molecule has 140 valence electrons. The van der Waals surface area contributed by atoms with Crippen LogP contribution in [0.15, 0.2) is 42.5 Å². The molecule has 0 radical (unpaired) electrons. The van der Waals surface area contributed by atoms with Gasteiger partial charge in [0.05, 0.1) is 17.3 Å². The van der Waals surface area contributed by atoms with Gasteiger partial charge in [-0.05, 0) is 36.8 Å². The van der Waals surface area contributed by atoms with E-state index in [1.165, 1.54) is 23.5 Å². The molecule has 1 aromatic heterocycles. The van der Waals surface area contributed by atoms with E-state index in [1.807, 2.05) is 13.0 Å². The van der Waals surface area contributed by atoms with Gasteiger partial charge in [0.25, 0.3) is 0 Å². The maximum atomic E-state index is 12.5. The molecule has 0 saturated heterocycles. The van der Waals surface area contributed by atoms with E-state index in [4.69, 9.17) is 5.26 Å². The summed E-state index contributed by atoms with van der Waals surface area (Å²) in [5.41, 5.74) is 0.185. The van der Waals surface area contributed by atoms with Gasteiger partial charge in [0, 0.05) is 16.1 Å². The largest absolute Gasteiger partial charge is 0.415 e. The Bertz CT molecular complexity index is 925. The molecule has 0 spiro atoms. The number of nitrogens with zero attached hydrogens (tertiary/aromatic N) is 2. The molecular weight excluding hydrogens is 377 g/mol. The Morgan fingerprint density at radius 2 is 2.15 bits per heavy atom. The number of rotatable bonds is 5. The van der Waals surface area contributed by atoms with Crippen molar-refractivity contribution in [1.82, 2.24) is 4.98 Å². The smallest absolute Gasteiger partial charge is 0.308 e. The van der Waals surface area contributed by atoms with E-state index < -0.39 is 17.8 Å². The van der Waals surface area contributed by atoms with Crippen molar-refractivity contribution in [2.24, 2.45) is 0 Å². The second-order valence-corrected chi connectivity index (χ2v) is 6.39. The maximum Gasteiger partial charge on any atom is 0.415 e. The molecule has 0 bridgehead atoms. The third-order valence-corrected chi connectivity index (χ3v) is 4.46. The number of carbonyl (C=O) groups is 1. The molecule has 2 amide bonds. The van der Waals surface area contributed by atoms with Gasteiger partial charge in [-0.15, -0.1) is 11.3 Å². The quantitative estimate of drug-likeness (QED) is 0.673. The van der Waals surface area contributed by atoms with E-state index >= 15 is 0 Å². The zero-order chi connectivity index (χ0) is 20.0. The standard InChI is InChI=1S/C18H15F3N4OS/c1-3-15-14(8-7-11(2)18(19,20)21)24-17(27-15)25-16(26)23-13-6-4-5-12(9-13)10-22/h4-9H,2-3H2,1H3,(H2,23,24,25,26)/b8-7-. The van der Waals surface area contributed by atoms with Crippen molar-refractivity contribution in [2.75, 3.05) is 10.6 Å². The number of thiazole rings is 1. The van der Waals surface area contributed by atoms with Crippen LogP contribution in [0.4, 0.5) is 28.8 Å². The summed E-state index contributed by atoms with van der Waals surface area (Å²) < 4.78 is 37.6. The molecule has 0 atom stereocenters. The first kappa shape index (κ1) is 20.2. The normalized spacial score (nSPS) is 11.2. The summed E-state index contributed by atoms with van der Waals surface area (Å²) in [5, 5.41) is 14.2. The fourth-order valence-corrected chi connectivity index (χ4v) is 2.88. The lowest BCUT2D eigenvalue weighted by atomic mass is 10.2. The van der Waals surface area contributed by atoms with Crippen molar-refractivity contribution in [3.8, 4) is 6.07 Å². The number of nitriles is 1. The number of alkyl halides is 3. The highest BCUT2D eigenvalue weighted by atomic mass is 32.1. The molecule has 2 N–H and O–H groups in total. The van der Waals surface area contributed by atoms with E-state index in [9.17, 15) is 18.0 Å². The van der Waals surface area contributed by atoms with Gasteiger partial charge in [-0.3, -0.25) is 5.32 Å². The average molecular weight is 392 g/mol. The number of hydrogen-bond donors (Lipinski definition) is 2. The van der Waals surface area contributed by atoms with Crippen LogP contribution in [0.25, 0.3) is 6.08 Å².